The maximum Gasteiger partial charge on any atom is 0.534 e. The van der Waals surface area contributed by atoms with Crippen LogP contribution in [0.15, 0.2) is 41.7 Å². The first kappa shape index (κ1) is 32.1. The quantitative estimate of drug-likeness (QED) is 0.0888. The summed E-state index contributed by atoms with van der Waals surface area (Å²) in [5.74, 6) is -0.461. The average Bonchev–Trinajstić information content (AvgIpc) is 2.81. The molecule has 38 heavy (non-hydrogen) atoms. The van der Waals surface area contributed by atoms with Crippen LogP contribution in [-0.2, 0) is 35.4 Å². The second kappa shape index (κ2) is 12.8. The largest absolute Gasteiger partial charge is 0.534 e. The number of hydrogen-bond acceptors (Lipinski definition) is 8. The van der Waals surface area contributed by atoms with E-state index in [0.29, 0.717) is 6.42 Å². The van der Waals surface area contributed by atoms with Crippen molar-refractivity contribution in [2.45, 2.75) is 76.3 Å². The highest BCUT2D eigenvalue weighted by molar-refractivity contribution is 7.87. The van der Waals surface area contributed by atoms with Crippen molar-refractivity contribution in [3.8, 4) is 0 Å². The van der Waals surface area contributed by atoms with Gasteiger partial charge < -0.3 is 18.6 Å². The summed E-state index contributed by atoms with van der Waals surface area (Å²) in [4.78, 5) is 35.0. The molecule has 1 aromatic rings. The molecule has 1 amide bonds. The van der Waals surface area contributed by atoms with Crippen LogP contribution in [0.3, 0.4) is 0 Å². The third-order valence-electron chi connectivity index (χ3n) is 6.74. The van der Waals surface area contributed by atoms with Gasteiger partial charge in [0.25, 0.3) is 0 Å². The SMILES string of the molecule is CCOOCC1=C(OS(=O)(=O)C(F)(F)F)CC(CCC(C)(C)[Si](C)(C)O)N(C(=O)OCc2ccccc2)C1. The summed E-state index contributed by atoms with van der Waals surface area (Å²) in [5, 5.41) is -0.506. The van der Waals surface area contributed by atoms with Gasteiger partial charge in [0.1, 0.15) is 19.0 Å². The molecule has 1 atom stereocenters. The van der Waals surface area contributed by atoms with Gasteiger partial charge in [-0.05, 0) is 43.5 Å². The number of benzene rings is 1. The zero-order valence-electron chi connectivity index (χ0n) is 22.2. The molecular weight excluding hydrogens is 547 g/mol. The lowest BCUT2D eigenvalue weighted by molar-refractivity contribution is -0.285. The number of carbonyl (C=O) groups excluding carboxylic acids is 1. The van der Waals surface area contributed by atoms with E-state index in [0.717, 1.165) is 5.56 Å². The van der Waals surface area contributed by atoms with Gasteiger partial charge in [0.15, 0.2) is 8.32 Å². The Morgan fingerprint density at radius 3 is 2.32 bits per heavy atom. The van der Waals surface area contributed by atoms with E-state index in [-0.39, 0.29) is 38.2 Å². The van der Waals surface area contributed by atoms with Gasteiger partial charge in [-0.1, -0.05) is 44.2 Å². The summed E-state index contributed by atoms with van der Waals surface area (Å²) in [5.41, 5.74) is -4.91. The molecule has 1 N–H and O–H groups in total. The fraction of sp³-hybridized carbons (Fsp3) is 0.625. The Morgan fingerprint density at radius 1 is 1.13 bits per heavy atom. The van der Waals surface area contributed by atoms with E-state index < -0.39 is 53.5 Å². The lowest BCUT2D eigenvalue weighted by atomic mass is 9.94. The summed E-state index contributed by atoms with van der Waals surface area (Å²) in [6.45, 7) is 8.29. The molecule has 0 fully saturated rings. The van der Waals surface area contributed by atoms with Crippen molar-refractivity contribution >= 4 is 24.5 Å². The van der Waals surface area contributed by atoms with Crippen LogP contribution in [0.2, 0.25) is 18.1 Å². The number of halogens is 3. The van der Waals surface area contributed by atoms with Gasteiger partial charge >= 0.3 is 21.7 Å². The van der Waals surface area contributed by atoms with E-state index in [1.54, 1.807) is 44.3 Å². The summed E-state index contributed by atoms with van der Waals surface area (Å²) in [7, 11) is -8.61. The van der Waals surface area contributed by atoms with E-state index >= 15 is 0 Å². The Bertz CT molecular complexity index is 1070. The Balaban J connectivity index is 2.39. The van der Waals surface area contributed by atoms with Crippen LogP contribution in [0.5, 0.6) is 0 Å². The predicted molar refractivity (Wildman–Crippen MR) is 135 cm³/mol. The van der Waals surface area contributed by atoms with Crippen LogP contribution in [0.25, 0.3) is 0 Å². The van der Waals surface area contributed by atoms with Crippen molar-refractivity contribution in [3.63, 3.8) is 0 Å². The average molecular weight is 584 g/mol. The lowest BCUT2D eigenvalue weighted by Crippen LogP contribution is -2.47. The molecule has 1 aliphatic heterocycles. The molecule has 0 aliphatic carbocycles. The number of carbonyl (C=O) groups is 1. The maximum absolute atomic E-state index is 13.2. The van der Waals surface area contributed by atoms with Gasteiger partial charge in [-0.2, -0.15) is 21.6 Å². The standard InChI is InChI=1S/C24H36F3NO8SSi/c1-6-34-35-17-19-15-28(22(29)33-16-18-10-8-7-9-11-18)20(12-13-23(2,3)38(4,5)32)14-21(19)36-37(30,31)24(25,26)27/h7-11,20,32H,6,12-17H2,1-5H3. The van der Waals surface area contributed by atoms with E-state index in [1.807, 2.05) is 19.9 Å². The molecule has 0 saturated carbocycles. The second-order valence-corrected chi connectivity index (χ2v) is 16.2. The number of nitrogens with zero attached hydrogens (tertiary/aromatic N) is 1. The van der Waals surface area contributed by atoms with Gasteiger partial charge in [0.05, 0.1) is 13.2 Å². The fourth-order valence-corrected chi connectivity index (χ4v) is 4.89. The topological polar surface area (TPSA) is 112 Å². The zero-order chi connectivity index (χ0) is 28.8. The number of ether oxygens (including phenoxy) is 1. The molecule has 0 saturated heterocycles. The van der Waals surface area contributed by atoms with Gasteiger partial charge in [-0.3, -0.25) is 0 Å². The number of alkyl halides is 3. The minimum absolute atomic E-state index is 0.00434. The first-order valence-corrected chi connectivity index (χ1v) is 16.5. The monoisotopic (exact) mass is 583 g/mol. The van der Waals surface area contributed by atoms with Crippen LogP contribution in [-0.4, -0.2) is 63.8 Å². The number of hydrogen-bond donors (Lipinski definition) is 1. The second-order valence-electron chi connectivity index (χ2n) is 10.2. The Kier molecular flexibility index (Phi) is 10.8. The molecule has 1 aliphatic rings. The Hall–Kier alpha value is -2.13. The first-order chi connectivity index (χ1) is 17.5. The zero-order valence-corrected chi connectivity index (χ0v) is 24.0. The smallest absolute Gasteiger partial charge is 0.445 e. The number of rotatable bonds is 12. The molecule has 1 heterocycles. The van der Waals surface area contributed by atoms with Gasteiger partial charge in [-0.25, -0.2) is 14.6 Å². The molecule has 0 bridgehead atoms. The minimum atomic E-state index is -5.96. The molecule has 0 aromatic heterocycles. The van der Waals surface area contributed by atoms with Crippen molar-refractivity contribution < 1.29 is 49.9 Å². The van der Waals surface area contributed by atoms with Crippen LogP contribution in [0, 0.1) is 0 Å². The highest BCUT2D eigenvalue weighted by atomic mass is 32.2. The summed E-state index contributed by atoms with van der Waals surface area (Å²) >= 11 is 0. The van der Waals surface area contributed by atoms with Gasteiger partial charge in [0, 0.05) is 18.0 Å². The van der Waals surface area contributed by atoms with E-state index in [4.69, 9.17) is 14.5 Å². The molecular formula is C24H36F3NO8SSi. The van der Waals surface area contributed by atoms with Gasteiger partial charge in [0.2, 0.25) is 0 Å². The van der Waals surface area contributed by atoms with Crippen LogP contribution in [0.4, 0.5) is 18.0 Å². The van der Waals surface area contributed by atoms with Crippen molar-refractivity contribution in [1.82, 2.24) is 4.90 Å². The van der Waals surface area contributed by atoms with Crippen LogP contribution in [0.1, 0.15) is 45.6 Å². The molecule has 1 aromatic carbocycles. The molecule has 0 radical (unpaired) electrons. The summed E-state index contributed by atoms with van der Waals surface area (Å²) in [6, 6.07) is 8.16. The lowest BCUT2D eigenvalue weighted by Gasteiger charge is -2.40. The molecule has 216 valence electrons. The van der Waals surface area contributed by atoms with Crippen molar-refractivity contribution in [2.24, 2.45) is 0 Å². The van der Waals surface area contributed by atoms with E-state index in [2.05, 4.69) is 4.18 Å². The molecule has 0 spiro atoms. The molecule has 1 unspecified atom stereocenters. The van der Waals surface area contributed by atoms with Crippen molar-refractivity contribution in [3.05, 3.63) is 47.2 Å². The fourth-order valence-electron chi connectivity index (χ4n) is 3.59. The highest BCUT2D eigenvalue weighted by Crippen LogP contribution is 2.42. The van der Waals surface area contributed by atoms with Crippen LogP contribution >= 0.6 is 0 Å². The maximum atomic E-state index is 13.2. The van der Waals surface area contributed by atoms with Crippen LogP contribution < -0.4 is 0 Å². The van der Waals surface area contributed by atoms with E-state index in [1.165, 1.54) is 4.90 Å². The third-order valence-corrected chi connectivity index (χ3v) is 11.3. The normalized spacial score (nSPS) is 17.5. The highest BCUT2D eigenvalue weighted by Gasteiger charge is 2.50. The number of amides is 1. The molecule has 14 heteroatoms. The summed E-state index contributed by atoms with van der Waals surface area (Å²) < 4.78 is 73.1. The first-order valence-electron chi connectivity index (χ1n) is 12.1. The van der Waals surface area contributed by atoms with Gasteiger partial charge in [-0.15, -0.1) is 0 Å². The van der Waals surface area contributed by atoms with E-state index in [9.17, 15) is 31.2 Å². The van der Waals surface area contributed by atoms with Crippen molar-refractivity contribution in [1.29, 1.82) is 0 Å². The minimum Gasteiger partial charge on any atom is -0.445 e. The summed E-state index contributed by atoms with van der Waals surface area (Å²) in [6.07, 6.45) is -0.392. The third kappa shape index (κ3) is 8.69. The molecule has 2 rings (SSSR count). The Labute approximate surface area is 222 Å². The van der Waals surface area contributed by atoms with Crippen molar-refractivity contribution in [2.75, 3.05) is 19.8 Å². The Morgan fingerprint density at radius 2 is 1.76 bits per heavy atom. The predicted octanol–water partition coefficient (Wildman–Crippen LogP) is 5.24. The molecule has 9 nitrogen and oxygen atoms in total.